The van der Waals surface area contributed by atoms with Gasteiger partial charge in [-0.15, -0.1) is 0 Å². The third-order valence-electron chi connectivity index (χ3n) is 5.90. The Morgan fingerprint density at radius 2 is 1.39 bits per heavy atom. The van der Waals surface area contributed by atoms with Gasteiger partial charge in [-0.3, -0.25) is 0 Å². The van der Waals surface area contributed by atoms with E-state index in [-0.39, 0.29) is 0 Å². The molecular formula is C16H22OSi. The van der Waals surface area contributed by atoms with E-state index in [0.717, 1.165) is 22.1 Å². The predicted octanol–water partition coefficient (Wildman–Crippen LogP) is 1.32. The van der Waals surface area contributed by atoms with Gasteiger partial charge in [-0.25, -0.2) is 0 Å². The summed E-state index contributed by atoms with van der Waals surface area (Å²) in [6.07, 6.45) is 6.53. The lowest BCUT2D eigenvalue weighted by atomic mass is 9.48. The summed E-state index contributed by atoms with van der Waals surface area (Å²) in [5, 5.41) is 12.8. The molecule has 4 aliphatic rings. The predicted molar refractivity (Wildman–Crippen MR) is 77.0 cm³/mol. The van der Waals surface area contributed by atoms with E-state index in [1.807, 2.05) is 0 Å². The van der Waals surface area contributed by atoms with Crippen molar-refractivity contribution in [1.29, 1.82) is 0 Å². The Morgan fingerprint density at radius 3 is 1.89 bits per heavy atom. The Morgan fingerprint density at radius 1 is 0.889 bits per heavy atom. The zero-order valence-electron chi connectivity index (χ0n) is 11.1. The van der Waals surface area contributed by atoms with Crippen LogP contribution in [0, 0.1) is 23.7 Å². The highest BCUT2D eigenvalue weighted by molar-refractivity contribution is 6.32. The van der Waals surface area contributed by atoms with Crippen LogP contribution in [0.4, 0.5) is 0 Å². The molecule has 4 aliphatic carbocycles. The molecule has 1 aromatic carbocycles. The second-order valence-corrected chi connectivity index (χ2v) is 8.15. The lowest BCUT2D eigenvalue weighted by Crippen LogP contribution is -2.55. The van der Waals surface area contributed by atoms with Crippen LogP contribution in [0.2, 0.25) is 0 Å². The van der Waals surface area contributed by atoms with Gasteiger partial charge in [-0.2, -0.15) is 0 Å². The van der Waals surface area contributed by atoms with Gasteiger partial charge in [0, 0.05) is 10.2 Å². The molecule has 1 nitrogen and oxygen atoms in total. The Hall–Kier alpha value is -0.603. The molecule has 0 radical (unpaired) electrons. The van der Waals surface area contributed by atoms with E-state index in [2.05, 4.69) is 24.3 Å². The molecule has 4 bridgehead atoms. The van der Waals surface area contributed by atoms with Crippen molar-refractivity contribution in [3.05, 3.63) is 29.8 Å². The Labute approximate surface area is 112 Å². The van der Waals surface area contributed by atoms with Crippen LogP contribution >= 0.6 is 0 Å². The molecule has 0 saturated heterocycles. The smallest absolute Gasteiger partial charge is 0.0952 e. The van der Waals surface area contributed by atoms with Crippen molar-refractivity contribution in [2.24, 2.45) is 23.7 Å². The standard InChI is InChI=1S/C16H22OSi/c17-16(12-1-3-15(18)4-2-12)13-6-10-5-11(8-13)9-14(16)7-10/h1-4,10-11,13-14,17H,5-9H2,18H3. The first-order chi connectivity index (χ1) is 8.66. The third-order valence-corrected chi connectivity index (χ3v) is 6.56. The first-order valence-corrected chi connectivity index (χ1v) is 8.45. The van der Waals surface area contributed by atoms with Gasteiger partial charge in [0.15, 0.2) is 0 Å². The van der Waals surface area contributed by atoms with E-state index >= 15 is 0 Å². The topological polar surface area (TPSA) is 20.2 Å². The van der Waals surface area contributed by atoms with Crippen LogP contribution in [0.1, 0.15) is 37.7 Å². The lowest BCUT2D eigenvalue weighted by molar-refractivity contribution is -0.179. The second-order valence-electron chi connectivity index (χ2n) is 7.00. The van der Waals surface area contributed by atoms with E-state index in [9.17, 15) is 5.11 Å². The van der Waals surface area contributed by atoms with Crippen LogP contribution in [0.15, 0.2) is 24.3 Å². The molecule has 96 valence electrons. The van der Waals surface area contributed by atoms with Crippen molar-refractivity contribution in [2.75, 3.05) is 0 Å². The minimum absolute atomic E-state index is 0.497. The average molecular weight is 258 g/mol. The van der Waals surface area contributed by atoms with E-state index < -0.39 is 5.60 Å². The SMILES string of the molecule is OC1(c2ccc([SiH3])cc2)C2CC3CC(C2)CC1C3. The summed E-state index contributed by atoms with van der Waals surface area (Å²) in [6.45, 7) is 0. The summed E-state index contributed by atoms with van der Waals surface area (Å²) in [4.78, 5) is 0. The maximum atomic E-state index is 11.4. The zero-order valence-corrected chi connectivity index (χ0v) is 13.1. The highest BCUT2D eigenvalue weighted by Gasteiger charge is 2.57. The maximum Gasteiger partial charge on any atom is 0.0952 e. The van der Waals surface area contributed by atoms with Crippen LogP contribution in [0.25, 0.3) is 0 Å². The van der Waals surface area contributed by atoms with Gasteiger partial charge in [-0.05, 0) is 61.3 Å². The van der Waals surface area contributed by atoms with Gasteiger partial charge < -0.3 is 5.11 Å². The van der Waals surface area contributed by atoms with Crippen molar-refractivity contribution in [1.82, 2.24) is 0 Å². The molecule has 0 heterocycles. The number of aliphatic hydroxyl groups is 1. The van der Waals surface area contributed by atoms with E-state index in [1.54, 1.807) is 0 Å². The fraction of sp³-hybridized carbons (Fsp3) is 0.625. The second kappa shape index (κ2) is 3.70. The molecule has 5 rings (SSSR count). The number of benzene rings is 1. The number of hydrogen-bond donors (Lipinski definition) is 1. The van der Waals surface area contributed by atoms with Crippen molar-refractivity contribution in [3.8, 4) is 0 Å². The van der Waals surface area contributed by atoms with Crippen molar-refractivity contribution >= 4 is 15.4 Å². The van der Waals surface area contributed by atoms with Crippen molar-refractivity contribution in [3.63, 3.8) is 0 Å². The third kappa shape index (κ3) is 1.42. The number of hydrogen-bond acceptors (Lipinski definition) is 1. The van der Waals surface area contributed by atoms with Gasteiger partial charge in [0.2, 0.25) is 0 Å². The highest BCUT2D eigenvalue weighted by Crippen LogP contribution is 2.61. The van der Waals surface area contributed by atoms with E-state index in [0.29, 0.717) is 11.8 Å². The van der Waals surface area contributed by atoms with E-state index in [1.165, 1.54) is 42.9 Å². The first kappa shape index (κ1) is 11.2. The summed E-state index contributed by atoms with van der Waals surface area (Å²) in [5.74, 6) is 2.92. The molecule has 0 aromatic heterocycles. The molecule has 1 aromatic rings. The summed E-state index contributed by atoms with van der Waals surface area (Å²) in [5.41, 5.74) is 0.707. The van der Waals surface area contributed by atoms with Gasteiger partial charge in [-0.1, -0.05) is 29.5 Å². The van der Waals surface area contributed by atoms with Crippen LogP contribution < -0.4 is 5.19 Å². The monoisotopic (exact) mass is 258 g/mol. The highest BCUT2D eigenvalue weighted by atomic mass is 28.1. The maximum absolute atomic E-state index is 11.4. The molecular weight excluding hydrogens is 236 g/mol. The Balaban J connectivity index is 1.76. The molecule has 2 heteroatoms. The lowest BCUT2D eigenvalue weighted by Gasteiger charge is -2.59. The zero-order chi connectivity index (χ0) is 12.3. The molecule has 0 spiro atoms. The molecule has 0 unspecified atom stereocenters. The van der Waals surface area contributed by atoms with Crippen LogP contribution in [-0.2, 0) is 5.60 Å². The molecule has 0 aliphatic heterocycles. The van der Waals surface area contributed by atoms with E-state index in [4.69, 9.17) is 0 Å². The number of rotatable bonds is 1. The molecule has 1 N–H and O–H groups in total. The van der Waals surface area contributed by atoms with Crippen molar-refractivity contribution in [2.45, 2.75) is 37.7 Å². The van der Waals surface area contributed by atoms with Gasteiger partial charge in [0.1, 0.15) is 0 Å². The Kier molecular flexibility index (Phi) is 2.31. The molecule has 4 saturated carbocycles. The molecule has 18 heavy (non-hydrogen) atoms. The summed E-state index contributed by atoms with van der Waals surface area (Å²) >= 11 is 0. The fourth-order valence-electron chi connectivity index (χ4n) is 5.19. The molecule has 4 fully saturated rings. The van der Waals surface area contributed by atoms with Crippen molar-refractivity contribution < 1.29 is 5.11 Å². The summed E-state index contributed by atoms with van der Waals surface area (Å²) in [6, 6.07) is 8.82. The Bertz CT molecular complexity index is 436. The normalized spacial score (nSPS) is 45.6. The average Bonchev–Trinajstić information content (AvgIpc) is 2.35. The largest absolute Gasteiger partial charge is 0.385 e. The molecule has 0 amide bonds. The minimum atomic E-state index is -0.497. The van der Waals surface area contributed by atoms with Gasteiger partial charge >= 0.3 is 0 Å². The van der Waals surface area contributed by atoms with Gasteiger partial charge in [0.05, 0.1) is 5.60 Å². The van der Waals surface area contributed by atoms with Crippen LogP contribution in [0.3, 0.4) is 0 Å². The minimum Gasteiger partial charge on any atom is -0.385 e. The first-order valence-electron chi connectivity index (χ1n) is 7.45. The van der Waals surface area contributed by atoms with Crippen LogP contribution in [0.5, 0.6) is 0 Å². The summed E-state index contributed by atoms with van der Waals surface area (Å²) in [7, 11) is 1.10. The summed E-state index contributed by atoms with van der Waals surface area (Å²) < 4.78 is 0. The fourth-order valence-corrected chi connectivity index (χ4v) is 5.53. The molecule has 0 atom stereocenters. The van der Waals surface area contributed by atoms with Crippen LogP contribution in [-0.4, -0.2) is 15.3 Å². The van der Waals surface area contributed by atoms with Gasteiger partial charge in [0.25, 0.3) is 0 Å². The quantitative estimate of drug-likeness (QED) is 0.753.